The third-order valence-electron chi connectivity index (χ3n) is 3.38. The molecule has 1 heterocycles. The molecule has 2 aromatic carbocycles. The molecule has 3 rings (SSSR count). The van der Waals surface area contributed by atoms with Crippen LogP contribution in [-0.4, -0.2) is 27.3 Å². The van der Waals surface area contributed by atoms with Gasteiger partial charge in [0.05, 0.1) is 18.1 Å². The zero-order valence-electron chi connectivity index (χ0n) is 12.3. The van der Waals surface area contributed by atoms with Crippen LogP contribution in [0, 0.1) is 6.92 Å². The monoisotopic (exact) mass is 358 g/mol. The largest absolute Gasteiger partial charge is 0.496 e. The van der Waals surface area contributed by atoms with Crippen molar-refractivity contribution in [3.05, 3.63) is 58.1 Å². The Balaban J connectivity index is 1.83. The molecule has 3 aromatic rings. The van der Waals surface area contributed by atoms with Crippen LogP contribution in [0.15, 0.2) is 46.9 Å². The first-order valence-electron chi connectivity index (χ1n) is 6.83. The molecule has 112 valence electrons. The summed E-state index contributed by atoms with van der Waals surface area (Å²) in [5.41, 5.74) is 3.21. The zero-order chi connectivity index (χ0) is 15.5. The topological polar surface area (TPSA) is 52.8 Å². The molecule has 0 saturated heterocycles. The van der Waals surface area contributed by atoms with Crippen molar-refractivity contribution < 1.29 is 4.74 Å². The van der Waals surface area contributed by atoms with E-state index in [0.717, 1.165) is 26.9 Å². The first-order valence-corrected chi connectivity index (χ1v) is 7.63. The Labute approximate surface area is 137 Å². The molecule has 0 radical (unpaired) electrons. The number of hydrogen-bond donors (Lipinski definition) is 0. The van der Waals surface area contributed by atoms with Gasteiger partial charge in [0.15, 0.2) is 0 Å². The molecule has 0 saturated carbocycles. The highest BCUT2D eigenvalue weighted by Crippen LogP contribution is 2.25. The molecular weight excluding hydrogens is 344 g/mol. The van der Waals surface area contributed by atoms with E-state index < -0.39 is 0 Å². The van der Waals surface area contributed by atoms with Gasteiger partial charge in [0.2, 0.25) is 5.82 Å². The SMILES string of the molecule is COc1ccc(Cn2nnc(-c3ccccc3C)n2)cc1Br. The molecule has 5 nitrogen and oxygen atoms in total. The minimum Gasteiger partial charge on any atom is -0.496 e. The molecule has 1 aromatic heterocycles. The van der Waals surface area contributed by atoms with E-state index in [0.29, 0.717) is 12.4 Å². The number of rotatable bonds is 4. The summed E-state index contributed by atoms with van der Waals surface area (Å²) in [5.74, 6) is 1.45. The molecule has 0 spiro atoms. The van der Waals surface area contributed by atoms with E-state index in [4.69, 9.17) is 4.74 Å². The van der Waals surface area contributed by atoms with Crippen LogP contribution < -0.4 is 4.74 Å². The van der Waals surface area contributed by atoms with E-state index in [-0.39, 0.29) is 0 Å². The third kappa shape index (κ3) is 3.01. The highest BCUT2D eigenvalue weighted by Gasteiger charge is 2.09. The van der Waals surface area contributed by atoms with E-state index in [1.54, 1.807) is 11.9 Å². The molecule has 0 amide bonds. The Morgan fingerprint density at radius 3 is 2.73 bits per heavy atom. The highest BCUT2D eigenvalue weighted by molar-refractivity contribution is 9.10. The number of ether oxygens (including phenoxy) is 1. The van der Waals surface area contributed by atoms with Crippen molar-refractivity contribution in [2.24, 2.45) is 0 Å². The third-order valence-corrected chi connectivity index (χ3v) is 4.00. The van der Waals surface area contributed by atoms with Gasteiger partial charge in [-0.3, -0.25) is 0 Å². The van der Waals surface area contributed by atoms with Gasteiger partial charge in [-0.2, -0.15) is 4.80 Å². The van der Waals surface area contributed by atoms with Crippen LogP contribution in [0.1, 0.15) is 11.1 Å². The van der Waals surface area contributed by atoms with Crippen molar-refractivity contribution in [2.75, 3.05) is 7.11 Å². The maximum Gasteiger partial charge on any atom is 0.205 e. The predicted molar refractivity (Wildman–Crippen MR) is 87.8 cm³/mol. The Hall–Kier alpha value is -2.21. The minimum atomic E-state index is 0.557. The molecule has 0 N–H and O–H groups in total. The highest BCUT2D eigenvalue weighted by atomic mass is 79.9. The van der Waals surface area contributed by atoms with E-state index >= 15 is 0 Å². The van der Waals surface area contributed by atoms with Crippen molar-refractivity contribution in [1.82, 2.24) is 20.2 Å². The van der Waals surface area contributed by atoms with Gasteiger partial charge in [-0.25, -0.2) is 0 Å². The molecule has 0 fully saturated rings. The molecule has 0 atom stereocenters. The minimum absolute atomic E-state index is 0.557. The van der Waals surface area contributed by atoms with Crippen molar-refractivity contribution in [3.63, 3.8) is 0 Å². The second-order valence-corrected chi connectivity index (χ2v) is 5.78. The lowest BCUT2D eigenvalue weighted by Gasteiger charge is -2.05. The van der Waals surface area contributed by atoms with Gasteiger partial charge >= 0.3 is 0 Å². The van der Waals surface area contributed by atoms with Gasteiger partial charge in [0.1, 0.15) is 5.75 Å². The van der Waals surface area contributed by atoms with Crippen LogP contribution in [0.2, 0.25) is 0 Å². The van der Waals surface area contributed by atoms with Crippen molar-refractivity contribution in [3.8, 4) is 17.1 Å². The van der Waals surface area contributed by atoms with E-state index in [1.807, 2.05) is 49.4 Å². The Morgan fingerprint density at radius 2 is 2.00 bits per heavy atom. The fourth-order valence-corrected chi connectivity index (χ4v) is 2.80. The average Bonchev–Trinajstić information content (AvgIpc) is 2.96. The second kappa shape index (κ2) is 6.27. The summed E-state index contributed by atoms with van der Waals surface area (Å²) in [5, 5.41) is 12.7. The van der Waals surface area contributed by atoms with Gasteiger partial charge in [-0.15, -0.1) is 10.2 Å². The average molecular weight is 359 g/mol. The molecular formula is C16H15BrN4O. The first kappa shape index (κ1) is 14.7. The smallest absolute Gasteiger partial charge is 0.205 e. The number of aryl methyl sites for hydroxylation is 1. The van der Waals surface area contributed by atoms with E-state index in [9.17, 15) is 0 Å². The first-order chi connectivity index (χ1) is 10.7. The van der Waals surface area contributed by atoms with Crippen LogP contribution in [0.4, 0.5) is 0 Å². The van der Waals surface area contributed by atoms with Crippen LogP contribution in [0.5, 0.6) is 5.75 Å². The summed E-state index contributed by atoms with van der Waals surface area (Å²) in [6, 6.07) is 13.9. The molecule has 6 heteroatoms. The van der Waals surface area contributed by atoms with E-state index in [1.165, 1.54) is 0 Å². The maximum atomic E-state index is 5.23. The van der Waals surface area contributed by atoms with Crippen LogP contribution in [0.3, 0.4) is 0 Å². The Morgan fingerprint density at radius 1 is 1.18 bits per heavy atom. The summed E-state index contributed by atoms with van der Waals surface area (Å²) in [6.07, 6.45) is 0. The Bertz CT molecular complexity index is 800. The summed E-state index contributed by atoms with van der Waals surface area (Å²) in [6.45, 7) is 2.60. The number of halogens is 1. The van der Waals surface area contributed by atoms with Gasteiger partial charge in [0, 0.05) is 5.56 Å². The lowest BCUT2D eigenvalue weighted by atomic mass is 10.1. The molecule has 22 heavy (non-hydrogen) atoms. The number of aromatic nitrogens is 4. The lowest BCUT2D eigenvalue weighted by Crippen LogP contribution is -2.04. The summed E-state index contributed by atoms with van der Waals surface area (Å²) >= 11 is 3.48. The van der Waals surface area contributed by atoms with Gasteiger partial charge in [-0.05, 0) is 51.3 Å². The number of methoxy groups -OCH3 is 1. The summed E-state index contributed by atoms with van der Waals surface area (Å²) in [7, 11) is 1.65. The van der Waals surface area contributed by atoms with Gasteiger partial charge in [0.25, 0.3) is 0 Å². The van der Waals surface area contributed by atoms with Gasteiger partial charge < -0.3 is 4.74 Å². The Kier molecular flexibility index (Phi) is 4.20. The quantitative estimate of drug-likeness (QED) is 0.716. The fourth-order valence-electron chi connectivity index (χ4n) is 2.21. The zero-order valence-corrected chi connectivity index (χ0v) is 13.9. The normalized spacial score (nSPS) is 10.7. The molecule has 0 aliphatic rings. The number of hydrogen-bond acceptors (Lipinski definition) is 4. The second-order valence-electron chi connectivity index (χ2n) is 4.93. The van der Waals surface area contributed by atoms with Crippen molar-refractivity contribution >= 4 is 15.9 Å². The summed E-state index contributed by atoms with van der Waals surface area (Å²) in [4.78, 5) is 1.59. The van der Waals surface area contributed by atoms with Crippen LogP contribution in [-0.2, 0) is 6.54 Å². The van der Waals surface area contributed by atoms with Crippen molar-refractivity contribution in [1.29, 1.82) is 0 Å². The fraction of sp³-hybridized carbons (Fsp3) is 0.188. The standard InChI is InChI=1S/C16H15BrN4O/c1-11-5-3-4-6-13(11)16-18-20-21(19-16)10-12-7-8-15(22-2)14(17)9-12/h3-9H,10H2,1-2H3. The molecule has 0 unspecified atom stereocenters. The predicted octanol–water partition coefficient (Wildman–Crippen LogP) is 3.47. The molecule has 0 bridgehead atoms. The van der Waals surface area contributed by atoms with Gasteiger partial charge in [-0.1, -0.05) is 30.3 Å². The lowest BCUT2D eigenvalue weighted by molar-refractivity contribution is 0.412. The van der Waals surface area contributed by atoms with Crippen molar-refractivity contribution in [2.45, 2.75) is 13.5 Å². The maximum absolute atomic E-state index is 5.23. The van der Waals surface area contributed by atoms with Crippen LogP contribution >= 0.6 is 15.9 Å². The number of benzene rings is 2. The summed E-state index contributed by atoms with van der Waals surface area (Å²) < 4.78 is 6.14. The molecule has 0 aliphatic heterocycles. The van der Waals surface area contributed by atoms with E-state index in [2.05, 4.69) is 31.3 Å². The number of tetrazole rings is 1. The number of nitrogens with zero attached hydrogens (tertiary/aromatic N) is 4. The van der Waals surface area contributed by atoms with Crippen LogP contribution in [0.25, 0.3) is 11.4 Å². The molecule has 0 aliphatic carbocycles.